The highest BCUT2D eigenvalue weighted by Gasteiger charge is 2.19. The Morgan fingerprint density at radius 3 is 1.84 bits per heavy atom. The maximum atomic E-state index is 10.4. The molecule has 1 atom stereocenters. The lowest BCUT2D eigenvalue weighted by Crippen LogP contribution is -2.48. The lowest BCUT2D eigenvalue weighted by Gasteiger charge is -2.35. The van der Waals surface area contributed by atoms with Gasteiger partial charge in [-0.3, -0.25) is 9.80 Å². The van der Waals surface area contributed by atoms with Crippen molar-refractivity contribution in [3.05, 3.63) is 90.5 Å². The number of benzene rings is 3. The van der Waals surface area contributed by atoms with Crippen molar-refractivity contribution >= 4 is 24.8 Å². The van der Waals surface area contributed by atoms with Gasteiger partial charge in [0.25, 0.3) is 0 Å². The summed E-state index contributed by atoms with van der Waals surface area (Å²) in [6, 6.07) is 29.0. The summed E-state index contributed by atoms with van der Waals surface area (Å²) < 4.78 is 5.81. The van der Waals surface area contributed by atoms with E-state index in [1.165, 1.54) is 11.1 Å². The van der Waals surface area contributed by atoms with Crippen LogP contribution in [0.5, 0.6) is 5.75 Å². The molecular weight excluding hydrogens is 443 g/mol. The minimum atomic E-state index is -0.487. The molecular formula is C26H32Cl2N2O2. The molecule has 1 heterocycles. The van der Waals surface area contributed by atoms with E-state index < -0.39 is 6.10 Å². The predicted molar refractivity (Wildman–Crippen MR) is 136 cm³/mol. The van der Waals surface area contributed by atoms with Gasteiger partial charge in [0.1, 0.15) is 18.5 Å². The summed E-state index contributed by atoms with van der Waals surface area (Å²) in [6.45, 7) is 5.99. The molecule has 1 fully saturated rings. The van der Waals surface area contributed by atoms with E-state index >= 15 is 0 Å². The van der Waals surface area contributed by atoms with Crippen LogP contribution in [0, 0.1) is 0 Å². The van der Waals surface area contributed by atoms with Gasteiger partial charge in [0.2, 0.25) is 0 Å². The van der Waals surface area contributed by atoms with Gasteiger partial charge < -0.3 is 9.84 Å². The highest BCUT2D eigenvalue weighted by atomic mass is 35.5. The number of β-amino-alcohol motifs (C(OH)–C–C–N with tert-alkyl or cyclic N) is 1. The molecule has 0 aliphatic carbocycles. The molecule has 6 heteroatoms. The van der Waals surface area contributed by atoms with Crippen LogP contribution < -0.4 is 4.74 Å². The quantitative estimate of drug-likeness (QED) is 0.510. The molecule has 0 radical (unpaired) electrons. The topological polar surface area (TPSA) is 35.9 Å². The highest BCUT2D eigenvalue weighted by Crippen LogP contribution is 2.22. The highest BCUT2D eigenvalue weighted by molar-refractivity contribution is 5.85. The molecule has 1 saturated heterocycles. The summed E-state index contributed by atoms with van der Waals surface area (Å²) in [7, 11) is 0. The largest absolute Gasteiger partial charge is 0.491 e. The second kappa shape index (κ2) is 13.5. The number of aliphatic hydroxyl groups is 1. The van der Waals surface area contributed by atoms with Crippen LogP contribution in [0.25, 0.3) is 11.1 Å². The first kappa shape index (κ1) is 26.2. The molecule has 0 saturated carbocycles. The Kier molecular flexibility index (Phi) is 11.0. The Morgan fingerprint density at radius 2 is 1.22 bits per heavy atom. The molecule has 0 bridgehead atoms. The van der Waals surface area contributed by atoms with E-state index in [1.54, 1.807) is 0 Å². The number of nitrogens with zero attached hydrogens (tertiary/aromatic N) is 2. The number of piperazine rings is 1. The Balaban J connectivity index is 0.00000181. The number of rotatable bonds is 8. The molecule has 0 spiro atoms. The fourth-order valence-electron chi connectivity index (χ4n) is 3.89. The molecule has 1 aliphatic rings. The fraction of sp³-hybridized carbons (Fsp3) is 0.308. The average molecular weight is 475 g/mol. The van der Waals surface area contributed by atoms with E-state index in [0.29, 0.717) is 13.2 Å². The van der Waals surface area contributed by atoms with Crippen LogP contribution in [-0.2, 0) is 6.54 Å². The van der Waals surface area contributed by atoms with Crippen molar-refractivity contribution in [2.24, 2.45) is 0 Å². The Hall–Kier alpha value is -2.08. The van der Waals surface area contributed by atoms with Crippen LogP contribution in [-0.4, -0.2) is 60.3 Å². The van der Waals surface area contributed by atoms with Crippen molar-refractivity contribution in [3.63, 3.8) is 0 Å². The van der Waals surface area contributed by atoms with Gasteiger partial charge in [-0.15, -0.1) is 24.8 Å². The number of ether oxygens (including phenoxy) is 1. The molecule has 1 aliphatic heterocycles. The fourth-order valence-corrected chi connectivity index (χ4v) is 3.89. The molecule has 32 heavy (non-hydrogen) atoms. The molecule has 4 nitrogen and oxygen atoms in total. The minimum Gasteiger partial charge on any atom is -0.491 e. The van der Waals surface area contributed by atoms with Crippen molar-refractivity contribution in [3.8, 4) is 16.9 Å². The summed E-state index contributed by atoms with van der Waals surface area (Å²) in [5.41, 5.74) is 3.71. The van der Waals surface area contributed by atoms with E-state index in [4.69, 9.17) is 4.74 Å². The Labute approximate surface area is 203 Å². The normalized spacial score (nSPS) is 15.3. The van der Waals surface area contributed by atoms with E-state index in [2.05, 4.69) is 64.4 Å². The Bertz CT molecular complexity index is 887. The number of hydrogen-bond acceptors (Lipinski definition) is 4. The van der Waals surface area contributed by atoms with Crippen LogP contribution >= 0.6 is 24.8 Å². The van der Waals surface area contributed by atoms with Gasteiger partial charge in [-0.2, -0.15) is 0 Å². The third kappa shape index (κ3) is 7.80. The van der Waals surface area contributed by atoms with Crippen molar-refractivity contribution in [1.29, 1.82) is 0 Å². The molecule has 172 valence electrons. The average Bonchev–Trinajstić information content (AvgIpc) is 2.81. The summed E-state index contributed by atoms with van der Waals surface area (Å²) in [5.74, 6) is 0.793. The van der Waals surface area contributed by atoms with Gasteiger partial charge in [0.15, 0.2) is 0 Å². The van der Waals surface area contributed by atoms with Crippen molar-refractivity contribution in [2.75, 3.05) is 39.3 Å². The van der Waals surface area contributed by atoms with Gasteiger partial charge in [-0.1, -0.05) is 72.8 Å². The SMILES string of the molecule is Cl.Cl.OC(COc1ccc(-c2ccccc2)cc1)CN1CCN(Cc2ccccc2)CC1. The number of aliphatic hydroxyl groups excluding tert-OH is 1. The lowest BCUT2D eigenvalue weighted by molar-refractivity contribution is 0.0446. The zero-order valence-corrected chi connectivity index (χ0v) is 19.8. The van der Waals surface area contributed by atoms with Gasteiger partial charge in [-0.25, -0.2) is 0 Å². The standard InChI is InChI=1S/C26H30N2O2.2ClH/c29-25(20-28-17-15-27(16-18-28)19-22-7-3-1-4-8-22)21-30-26-13-11-24(12-14-26)23-9-5-2-6-10-23;;/h1-14,25,29H,15-21H2;2*1H. The van der Waals surface area contributed by atoms with Gasteiger partial charge in [0.05, 0.1) is 0 Å². The first-order chi connectivity index (χ1) is 14.8. The van der Waals surface area contributed by atoms with Crippen LogP contribution in [0.15, 0.2) is 84.9 Å². The maximum Gasteiger partial charge on any atom is 0.119 e. The maximum absolute atomic E-state index is 10.4. The lowest BCUT2D eigenvalue weighted by atomic mass is 10.1. The molecule has 1 N–H and O–H groups in total. The molecule has 1 unspecified atom stereocenters. The summed E-state index contributed by atoms with van der Waals surface area (Å²) in [5, 5.41) is 10.4. The molecule has 0 amide bonds. The molecule has 3 aromatic rings. The van der Waals surface area contributed by atoms with E-state index in [0.717, 1.165) is 44.0 Å². The summed E-state index contributed by atoms with van der Waals surface area (Å²) in [6.07, 6.45) is -0.487. The second-order valence-corrected chi connectivity index (χ2v) is 7.92. The monoisotopic (exact) mass is 474 g/mol. The zero-order valence-electron chi connectivity index (χ0n) is 18.2. The van der Waals surface area contributed by atoms with Crippen molar-refractivity contribution < 1.29 is 9.84 Å². The third-order valence-electron chi connectivity index (χ3n) is 5.59. The predicted octanol–water partition coefficient (Wildman–Crippen LogP) is 4.75. The van der Waals surface area contributed by atoms with Crippen LogP contribution in [0.3, 0.4) is 0 Å². The smallest absolute Gasteiger partial charge is 0.119 e. The van der Waals surface area contributed by atoms with Crippen molar-refractivity contribution in [1.82, 2.24) is 9.80 Å². The summed E-state index contributed by atoms with van der Waals surface area (Å²) >= 11 is 0. The number of hydrogen-bond donors (Lipinski definition) is 1. The Morgan fingerprint density at radius 1 is 0.688 bits per heavy atom. The van der Waals surface area contributed by atoms with Crippen LogP contribution in [0.4, 0.5) is 0 Å². The third-order valence-corrected chi connectivity index (χ3v) is 5.59. The van der Waals surface area contributed by atoms with Gasteiger partial charge in [0, 0.05) is 39.3 Å². The van der Waals surface area contributed by atoms with Crippen LogP contribution in [0.1, 0.15) is 5.56 Å². The second-order valence-electron chi connectivity index (χ2n) is 7.92. The van der Waals surface area contributed by atoms with E-state index in [9.17, 15) is 5.11 Å². The van der Waals surface area contributed by atoms with E-state index in [1.807, 2.05) is 30.3 Å². The first-order valence-electron chi connectivity index (χ1n) is 10.7. The van der Waals surface area contributed by atoms with E-state index in [-0.39, 0.29) is 24.8 Å². The minimum absolute atomic E-state index is 0. The number of halogens is 2. The zero-order chi connectivity index (χ0) is 20.6. The van der Waals surface area contributed by atoms with Gasteiger partial charge >= 0.3 is 0 Å². The first-order valence-corrected chi connectivity index (χ1v) is 10.7. The van der Waals surface area contributed by atoms with Crippen LogP contribution in [0.2, 0.25) is 0 Å². The summed E-state index contributed by atoms with van der Waals surface area (Å²) in [4.78, 5) is 4.80. The van der Waals surface area contributed by atoms with Gasteiger partial charge in [-0.05, 0) is 28.8 Å². The molecule has 0 aromatic heterocycles. The van der Waals surface area contributed by atoms with Crippen molar-refractivity contribution in [2.45, 2.75) is 12.6 Å². The molecule has 4 rings (SSSR count). The molecule has 3 aromatic carbocycles.